The van der Waals surface area contributed by atoms with Crippen molar-refractivity contribution < 1.29 is 4.79 Å². The first-order valence-corrected chi connectivity index (χ1v) is 15.9. The molecular weight excluding hydrogens is 611 g/mol. The number of aromatic amines is 2. The van der Waals surface area contributed by atoms with E-state index in [1.54, 1.807) is 11.8 Å². The van der Waals surface area contributed by atoms with Gasteiger partial charge in [-0.05, 0) is 54.3 Å². The Morgan fingerprint density at radius 2 is 1.68 bits per heavy atom. The predicted molar refractivity (Wildman–Crippen MR) is 179 cm³/mol. The van der Waals surface area contributed by atoms with Gasteiger partial charge in [0.25, 0.3) is 0 Å². The lowest BCUT2D eigenvalue weighted by molar-refractivity contribution is 0.236. The van der Waals surface area contributed by atoms with Crippen LogP contribution in [0.25, 0.3) is 22.2 Å². The van der Waals surface area contributed by atoms with E-state index in [1.807, 2.05) is 91.9 Å². The first-order valence-electron chi connectivity index (χ1n) is 14.2. The van der Waals surface area contributed by atoms with Crippen LogP contribution in [-0.2, 0) is 18.7 Å². The lowest BCUT2D eigenvalue weighted by Crippen LogP contribution is -2.38. The minimum Gasteiger partial charge on any atom is -0.334 e. The van der Waals surface area contributed by atoms with E-state index in [0.717, 1.165) is 43.9 Å². The molecule has 4 N–H and O–H groups in total. The summed E-state index contributed by atoms with van der Waals surface area (Å²) in [5.41, 5.74) is 6.51. The zero-order valence-electron chi connectivity index (χ0n) is 23.9. The first-order chi connectivity index (χ1) is 21.4. The molecule has 0 unspecified atom stereocenters. The molecule has 222 valence electrons. The summed E-state index contributed by atoms with van der Waals surface area (Å²) in [6, 6.07) is 31.2. The van der Waals surface area contributed by atoms with Crippen molar-refractivity contribution in [2.24, 2.45) is 0 Å². The van der Waals surface area contributed by atoms with Crippen molar-refractivity contribution in [1.82, 2.24) is 30.8 Å². The highest BCUT2D eigenvalue weighted by atomic mass is 35.5. The van der Waals surface area contributed by atoms with E-state index in [0.29, 0.717) is 34.7 Å². The van der Waals surface area contributed by atoms with E-state index in [9.17, 15) is 4.79 Å². The van der Waals surface area contributed by atoms with Crippen molar-refractivity contribution in [2.75, 3.05) is 0 Å². The van der Waals surface area contributed by atoms with Crippen LogP contribution in [0.3, 0.4) is 0 Å². The van der Waals surface area contributed by atoms with E-state index >= 15 is 0 Å². The smallest absolute Gasteiger partial charge is 0.315 e. The number of aromatic nitrogens is 4. The Bertz CT molecular complexity index is 1890. The summed E-state index contributed by atoms with van der Waals surface area (Å²) < 4.78 is 0. The second-order valence-corrected chi connectivity index (χ2v) is 12.3. The van der Waals surface area contributed by atoms with E-state index in [4.69, 9.17) is 28.2 Å². The molecule has 44 heavy (non-hydrogen) atoms. The summed E-state index contributed by atoms with van der Waals surface area (Å²) in [6.07, 6.45) is 0.520. The molecule has 0 saturated heterocycles. The van der Waals surface area contributed by atoms with Gasteiger partial charge in [-0.25, -0.2) is 9.78 Å². The van der Waals surface area contributed by atoms with Crippen molar-refractivity contribution in [1.29, 1.82) is 0 Å². The zero-order valence-corrected chi connectivity index (χ0v) is 26.2. The summed E-state index contributed by atoms with van der Waals surface area (Å²) >= 11 is 14.7. The molecule has 0 spiro atoms. The number of benzene rings is 4. The molecule has 0 radical (unpaired) electrons. The van der Waals surface area contributed by atoms with Crippen LogP contribution < -0.4 is 10.6 Å². The third kappa shape index (κ3) is 7.10. The number of thioether (sulfide) groups is 1. The van der Waals surface area contributed by atoms with Crippen molar-refractivity contribution >= 4 is 51.9 Å². The number of imidazole rings is 1. The van der Waals surface area contributed by atoms with Gasteiger partial charge in [-0.2, -0.15) is 5.10 Å². The molecule has 6 rings (SSSR count). The molecule has 2 aromatic heterocycles. The van der Waals surface area contributed by atoms with Crippen molar-refractivity contribution in [2.45, 2.75) is 36.6 Å². The Balaban J connectivity index is 1.19. The number of aryl methyl sites for hydroxylation is 1. The van der Waals surface area contributed by atoms with Gasteiger partial charge < -0.3 is 15.6 Å². The Morgan fingerprint density at radius 3 is 2.45 bits per heavy atom. The summed E-state index contributed by atoms with van der Waals surface area (Å²) in [6.45, 7) is 2.27. The number of hydrogen-bond donors (Lipinski definition) is 4. The third-order valence-corrected chi connectivity index (χ3v) is 9.02. The predicted octanol–water partition coefficient (Wildman–Crippen LogP) is 8.64. The number of carbonyl (C=O) groups is 1. The number of urea groups is 1. The second-order valence-electron chi connectivity index (χ2n) is 10.4. The van der Waals surface area contributed by atoms with Gasteiger partial charge in [0.15, 0.2) is 0 Å². The molecule has 4 aromatic carbocycles. The highest BCUT2D eigenvalue weighted by Gasteiger charge is 2.22. The molecule has 2 amide bonds. The lowest BCUT2D eigenvalue weighted by Gasteiger charge is -2.18. The Kier molecular flexibility index (Phi) is 9.21. The molecule has 0 saturated carbocycles. The normalized spacial score (nSPS) is 11.9. The van der Waals surface area contributed by atoms with Gasteiger partial charge in [0.1, 0.15) is 16.7 Å². The maximum absolute atomic E-state index is 13.3. The largest absolute Gasteiger partial charge is 0.334 e. The minimum atomic E-state index is -0.465. The van der Waals surface area contributed by atoms with E-state index in [1.165, 1.54) is 5.56 Å². The van der Waals surface area contributed by atoms with Gasteiger partial charge >= 0.3 is 6.03 Å². The van der Waals surface area contributed by atoms with E-state index in [2.05, 4.69) is 37.9 Å². The van der Waals surface area contributed by atoms with E-state index < -0.39 is 6.04 Å². The highest BCUT2D eigenvalue weighted by Crippen LogP contribution is 2.31. The van der Waals surface area contributed by atoms with Crippen LogP contribution in [0.5, 0.6) is 0 Å². The number of H-pyrrole nitrogens is 2. The molecule has 10 heteroatoms. The van der Waals surface area contributed by atoms with Crippen molar-refractivity contribution in [3.05, 3.63) is 135 Å². The molecule has 2 heterocycles. The molecule has 0 aliphatic heterocycles. The standard InChI is InChI=1S/C34H30Cl2N6OS/c1-21-27-14-12-24(18-28(27)42-41-21)31-32(36)40-33(39-31)29(16-22-8-4-2-5-9-22)38-34(43)37-19-25-17-26(35)13-15-30(25)44-20-23-10-6-3-7-11-23/h2-15,17-18,29H,16,19-20H2,1H3,(H,39,40)(H,41,42)(H2,37,38,43)/t29-/m0/s1. The Labute approximate surface area is 269 Å². The molecule has 0 aliphatic rings. The maximum atomic E-state index is 13.3. The fraction of sp³-hybridized carbons (Fsp3) is 0.147. The fourth-order valence-electron chi connectivity index (χ4n) is 5.04. The van der Waals surface area contributed by atoms with Crippen LogP contribution in [0.1, 0.15) is 34.3 Å². The first kappa shape index (κ1) is 29.8. The van der Waals surface area contributed by atoms with Gasteiger partial charge in [0, 0.05) is 33.2 Å². The monoisotopic (exact) mass is 640 g/mol. The molecular formula is C34H30Cl2N6OS. The van der Waals surface area contributed by atoms with Gasteiger partial charge in [0.2, 0.25) is 0 Å². The number of nitrogens with one attached hydrogen (secondary N) is 4. The summed E-state index contributed by atoms with van der Waals surface area (Å²) in [5, 5.41) is 15.5. The van der Waals surface area contributed by atoms with Gasteiger partial charge in [-0.3, -0.25) is 5.10 Å². The van der Waals surface area contributed by atoms with Gasteiger partial charge in [-0.15, -0.1) is 11.8 Å². The van der Waals surface area contributed by atoms with Crippen LogP contribution >= 0.6 is 35.0 Å². The third-order valence-electron chi connectivity index (χ3n) is 7.32. The summed E-state index contributed by atoms with van der Waals surface area (Å²) in [7, 11) is 0. The number of halogens is 2. The van der Waals surface area contributed by atoms with E-state index in [-0.39, 0.29) is 6.03 Å². The van der Waals surface area contributed by atoms with Crippen LogP contribution in [0.4, 0.5) is 4.79 Å². The number of hydrogen-bond acceptors (Lipinski definition) is 4. The van der Waals surface area contributed by atoms with Crippen LogP contribution in [0.15, 0.2) is 102 Å². The van der Waals surface area contributed by atoms with Gasteiger partial charge in [0.05, 0.1) is 17.3 Å². The topological polar surface area (TPSA) is 98.5 Å². The van der Waals surface area contributed by atoms with Crippen LogP contribution in [0.2, 0.25) is 10.2 Å². The second kappa shape index (κ2) is 13.6. The lowest BCUT2D eigenvalue weighted by atomic mass is 10.1. The number of carbonyl (C=O) groups excluding carboxylic acids is 1. The number of rotatable bonds is 10. The average Bonchev–Trinajstić information content (AvgIpc) is 3.62. The quantitative estimate of drug-likeness (QED) is 0.113. The molecule has 7 nitrogen and oxygen atoms in total. The Hall–Kier alpha value is -4.24. The molecule has 1 atom stereocenters. The summed E-state index contributed by atoms with van der Waals surface area (Å²) in [5.74, 6) is 1.38. The van der Waals surface area contributed by atoms with Crippen LogP contribution in [0, 0.1) is 6.92 Å². The minimum absolute atomic E-state index is 0.315. The number of nitrogens with zero attached hydrogens (tertiary/aromatic N) is 2. The number of amides is 2. The highest BCUT2D eigenvalue weighted by molar-refractivity contribution is 7.98. The summed E-state index contributed by atoms with van der Waals surface area (Å²) in [4.78, 5) is 22.5. The zero-order chi connectivity index (χ0) is 30.5. The van der Waals surface area contributed by atoms with Crippen molar-refractivity contribution in [3.8, 4) is 11.3 Å². The Morgan fingerprint density at radius 1 is 0.932 bits per heavy atom. The fourth-order valence-corrected chi connectivity index (χ4v) is 6.48. The average molecular weight is 642 g/mol. The SMILES string of the molecule is Cc1n[nH]c2cc(-c3nc([C@H](Cc4ccccc4)NC(=O)NCc4cc(Cl)ccc4SCc4ccccc4)[nH]c3Cl)ccc12. The molecule has 6 aromatic rings. The van der Waals surface area contributed by atoms with Gasteiger partial charge in [-0.1, -0.05) is 96.0 Å². The number of fused-ring (bicyclic) bond motifs is 1. The molecule has 0 fully saturated rings. The van der Waals surface area contributed by atoms with Crippen LogP contribution in [-0.4, -0.2) is 26.2 Å². The molecule has 0 bridgehead atoms. The maximum Gasteiger partial charge on any atom is 0.315 e. The molecule has 0 aliphatic carbocycles. The van der Waals surface area contributed by atoms with Crippen molar-refractivity contribution in [3.63, 3.8) is 0 Å².